The minimum Gasteiger partial charge on any atom is -0.326 e. The van der Waals surface area contributed by atoms with E-state index in [0.29, 0.717) is 43.4 Å². The Morgan fingerprint density at radius 1 is 1.17 bits per heavy atom. The number of fused-ring (bicyclic) bond motifs is 2. The van der Waals surface area contributed by atoms with Crippen molar-refractivity contribution in [3.05, 3.63) is 35.1 Å². The Morgan fingerprint density at radius 2 is 1.96 bits per heavy atom. The first-order chi connectivity index (χ1) is 11.5. The molecule has 128 valence electrons. The number of carbonyl (C=O) groups is 2. The Bertz CT molecular complexity index is 698. The Kier molecular flexibility index (Phi) is 4.00. The van der Waals surface area contributed by atoms with Crippen LogP contribution in [0.1, 0.15) is 11.1 Å². The van der Waals surface area contributed by atoms with Crippen molar-refractivity contribution in [3.63, 3.8) is 0 Å². The van der Waals surface area contributed by atoms with Crippen LogP contribution in [-0.4, -0.2) is 69.9 Å². The lowest BCUT2D eigenvalue weighted by Crippen LogP contribution is -2.69. The average Bonchev–Trinajstić information content (AvgIpc) is 3.06. The highest BCUT2D eigenvalue weighted by Gasteiger charge is 2.49. The van der Waals surface area contributed by atoms with Crippen molar-refractivity contribution in [2.75, 3.05) is 31.3 Å². The van der Waals surface area contributed by atoms with Crippen LogP contribution in [-0.2, 0) is 16.1 Å². The molecule has 4 rings (SSSR count). The minimum atomic E-state index is -0.422. The Labute approximate surface area is 144 Å². The summed E-state index contributed by atoms with van der Waals surface area (Å²) < 4.78 is 14.0. The molecule has 0 bridgehead atoms. The predicted molar refractivity (Wildman–Crippen MR) is 89.9 cm³/mol. The lowest BCUT2D eigenvalue weighted by molar-refractivity contribution is -0.162. The molecular weight excluding hydrogens is 329 g/mol. The van der Waals surface area contributed by atoms with Gasteiger partial charge >= 0.3 is 0 Å². The zero-order chi connectivity index (χ0) is 16.8. The molecule has 24 heavy (non-hydrogen) atoms. The van der Waals surface area contributed by atoms with Crippen molar-refractivity contribution in [3.8, 4) is 0 Å². The second kappa shape index (κ2) is 6.04. The van der Waals surface area contributed by atoms with Crippen LogP contribution in [0.25, 0.3) is 0 Å². The minimum absolute atomic E-state index is 0.0408. The zero-order valence-electron chi connectivity index (χ0n) is 13.6. The molecule has 5 nitrogen and oxygen atoms in total. The van der Waals surface area contributed by atoms with Gasteiger partial charge in [0.2, 0.25) is 11.8 Å². The summed E-state index contributed by atoms with van der Waals surface area (Å²) in [5.74, 6) is 1.20. The van der Waals surface area contributed by atoms with Crippen LogP contribution in [0.3, 0.4) is 0 Å². The second-order valence-corrected chi connectivity index (χ2v) is 7.70. The first-order valence-corrected chi connectivity index (χ1v) is 9.36. The molecule has 3 saturated heterocycles. The summed E-state index contributed by atoms with van der Waals surface area (Å²) in [4.78, 5) is 30.8. The monoisotopic (exact) mass is 349 g/mol. The van der Waals surface area contributed by atoms with Gasteiger partial charge in [-0.1, -0.05) is 17.7 Å². The number of hydrogen-bond donors (Lipinski definition) is 0. The summed E-state index contributed by atoms with van der Waals surface area (Å²) in [5.41, 5.74) is 1.67. The van der Waals surface area contributed by atoms with Gasteiger partial charge in [-0.15, -0.1) is 11.8 Å². The Morgan fingerprint density at radius 3 is 2.79 bits per heavy atom. The average molecular weight is 349 g/mol. The lowest BCUT2D eigenvalue weighted by Gasteiger charge is -2.47. The fourth-order valence-electron chi connectivity index (χ4n) is 3.77. The maximum atomic E-state index is 14.0. The van der Waals surface area contributed by atoms with Crippen molar-refractivity contribution in [2.24, 2.45) is 0 Å². The molecule has 0 N–H and O–H groups in total. The standard InChI is InChI=1S/C17H20FN3O2S/c1-11-2-3-13(18)12(6-11)7-19-4-5-20-14(8-19)16(22)21-10-24-9-15(21)17(20)23/h2-3,6,14-15H,4-5,7-10H2,1H3/t14-,15+/m1/s1. The fraction of sp³-hybridized carbons (Fsp3) is 0.529. The highest BCUT2D eigenvalue weighted by atomic mass is 32.2. The molecule has 0 radical (unpaired) electrons. The topological polar surface area (TPSA) is 43.9 Å². The number of rotatable bonds is 2. The van der Waals surface area contributed by atoms with Gasteiger partial charge in [0.05, 0.1) is 5.88 Å². The zero-order valence-corrected chi connectivity index (χ0v) is 14.4. The molecule has 3 aliphatic rings. The number of hydrogen-bond acceptors (Lipinski definition) is 4. The van der Waals surface area contributed by atoms with E-state index in [0.717, 1.165) is 5.56 Å². The van der Waals surface area contributed by atoms with Gasteiger partial charge in [0, 0.05) is 37.5 Å². The van der Waals surface area contributed by atoms with Crippen molar-refractivity contribution >= 4 is 23.6 Å². The number of carbonyl (C=O) groups excluding carboxylic acids is 2. The third kappa shape index (κ3) is 2.59. The van der Waals surface area contributed by atoms with Crippen LogP contribution < -0.4 is 0 Å². The predicted octanol–water partition coefficient (Wildman–Crippen LogP) is 1.06. The molecule has 1 aromatic carbocycles. The van der Waals surface area contributed by atoms with Gasteiger partial charge in [-0.05, 0) is 13.0 Å². The second-order valence-electron chi connectivity index (χ2n) is 6.70. The van der Waals surface area contributed by atoms with E-state index in [2.05, 4.69) is 4.90 Å². The molecule has 0 aliphatic carbocycles. The SMILES string of the molecule is Cc1ccc(F)c(CN2CCN3C(=O)[C@@H]4CSCN4C(=O)[C@H]3C2)c1. The maximum Gasteiger partial charge on any atom is 0.248 e. The molecule has 0 spiro atoms. The van der Waals surface area contributed by atoms with Crippen molar-refractivity contribution in [1.29, 1.82) is 0 Å². The molecule has 3 aliphatic heterocycles. The van der Waals surface area contributed by atoms with Gasteiger partial charge in [0.1, 0.15) is 17.9 Å². The summed E-state index contributed by atoms with van der Waals surface area (Å²) in [7, 11) is 0. The number of aryl methyl sites for hydroxylation is 1. The van der Waals surface area contributed by atoms with E-state index in [1.165, 1.54) is 6.07 Å². The molecule has 0 saturated carbocycles. The van der Waals surface area contributed by atoms with E-state index in [9.17, 15) is 14.0 Å². The third-order valence-corrected chi connectivity index (χ3v) is 6.09. The van der Waals surface area contributed by atoms with Crippen LogP contribution in [0, 0.1) is 12.7 Å². The molecule has 0 unspecified atom stereocenters. The van der Waals surface area contributed by atoms with E-state index >= 15 is 0 Å². The first-order valence-electron chi connectivity index (χ1n) is 8.20. The van der Waals surface area contributed by atoms with Gasteiger partial charge in [-0.3, -0.25) is 14.5 Å². The van der Waals surface area contributed by atoms with E-state index < -0.39 is 6.04 Å². The summed E-state index contributed by atoms with van der Waals surface area (Å²) >= 11 is 1.63. The van der Waals surface area contributed by atoms with Gasteiger partial charge in [-0.25, -0.2) is 4.39 Å². The summed E-state index contributed by atoms with van der Waals surface area (Å²) in [6.45, 7) is 4.10. The molecule has 3 heterocycles. The van der Waals surface area contributed by atoms with Crippen molar-refractivity contribution in [1.82, 2.24) is 14.7 Å². The first kappa shape index (κ1) is 15.9. The lowest BCUT2D eigenvalue weighted by atomic mass is 10.0. The van der Waals surface area contributed by atoms with Crippen molar-refractivity contribution < 1.29 is 14.0 Å². The van der Waals surface area contributed by atoms with E-state index in [4.69, 9.17) is 0 Å². The van der Waals surface area contributed by atoms with Gasteiger partial charge in [0.25, 0.3) is 0 Å². The molecule has 1 aromatic rings. The highest BCUT2D eigenvalue weighted by Crippen LogP contribution is 2.30. The highest BCUT2D eigenvalue weighted by molar-refractivity contribution is 7.99. The van der Waals surface area contributed by atoms with Gasteiger partial charge in [0.15, 0.2) is 0 Å². The van der Waals surface area contributed by atoms with E-state index in [1.807, 2.05) is 13.0 Å². The third-order valence-electron chi connectivity index (χ3n) is 5.08. The van der Waals surface area contributed by atoms with Crippen LogP contribution in [0.4, 0.5) is 4.39 Å². The number of thioether (sulfide) groups is 1. The number of amides is 2. The van der Waals surface area contributed by atoms with Gasteiger partial charge in [-0.2, -0.15) is 0 Å². The van der Waals surface area contributed by atoms with Crippen LogP contribution in [0.15, 0.2) is 18.2 Å². The molecule has 7 heteroatoms. The van der Waals surface area contributed by atoms with Crippen LogP contribution in [0.5, 0.6) is 0 Å². The van der Waals surface area contributed by atoms with Crippen LogP contribution >= 0.6 is 11.8 Å². The molecule has 2 amide bonds. The number of nitrogens with zero attached hydrogens (tertiary/aromatic N) is 3. The summed E-state index contributed by atoms with van der Waals surface area (Å²) in [6.07, 6.45) is 0. The quantitative estimate of drug-likeness (QED) is 0.801. The maximum absolute atomic E-state index is 14.0. The van der Waals surface area contributed by atoms with E-state index in [1.54, 1.807) is 27.6 Å². The smallest absolute Gasteiger partial charge is 0.248 e. The normalized spacial score (nSPS) is 27.4. The van der Waals surface area contributed by atoms with E-state index in [-0.39, 0.29) is 23.7 Å². The fourth-order valence-corrected chi connectivity index (χ4v) is 4.93. The number of piperazine rings is 2. The molecule has 0 aromatic heterocycles. The Balaban J connectivity index is 1.51. The largest absolute Gasteiger partial charge is 0.326 e. The number of halogens is 1. The Hall–Kier alpha value is -1.60. The molecule has 3 fully saturated rings. The van der Waals surface area contributed by atoms with Crippen LogP contribution in [0.2, 0.25) is 0 Å². The summed E-state index contributed by atoms with van der Waals surface area (Å²) in [6, 6.07) is 4.39. The molecular formula is C17H20FN3O2S. The summed E-state index contributed by atoms with van der Waals surface area (Å²) in [5, 5.41) is 0. The van der Waals surface area contributed by atoms with Gasteiger partial charge < -0.3 is 9.80 Å². The molecule has 2 atom stereocenters. The van der Waals surface area contributed by atoms with Crippen molar-refractivity contribution in [2.45, 2.75) is 25.6 Å². The number of benzene rings is 1.